The second kappa shape index (κ2) is 12.3. The summed E-state index contributed by atoms with van der Waals surface area (Å²) in [5, 5.41) is 0.391. The van der Waals surface area contributed by atoms with E-state index in [9.17, 15) is 22.4 Å². The Labute approximate surface area is 245 Å². The zero-order chi connectivity index (χ0) is 29.1. The molecule has 3 aromatic rings. The van der Waals surface area contributed by atoms with Gasteiger partial charge in [0.05, 0.1) is 22.0 Å². The topological polar surface area (TPSA) is 78.0 Å². The molecule has 0 atom stereocenters. The molecule has 2 amide bonds. The lowest BCUT2D eigenvalue weighted by Gasteiger charge is -2.39. The highest BCUT2D eigenvalue weighted by Gasteiger charge is 2.41. The van der Waals surface area contributed by atoms with Gasteiger partial charge in [-0.3, -0.25) is 9.59 Å². The number of carbonyl (C=O) groups is 2. The monoisotopic (exact) mass is 597 g/mol. The quantitative estimate of drug-likeness (QED) is 0.336. The number of sulfonamides is 1. The highest BCUT2D eigenvalue weighted by molar-refractivity contribution is 7.89. The maximum absolute atomic E-state index is 13.9. The molecule has 1 saturated heterocycles. The molecule has 0 aromatic heterocycles. The number of benzene rings is 3. The summed E-state index contributed by atoms with van der Waals surface area (Å²) in [6.45, 7) is 2.68. The Morgan fingerprint density at radius 1 is 0.902 bits per heavy atom. The van der Waals surface area contributed by atoms with Crippen LogP contribution >= 0.6 is 11.6 Å². The van der Waals surface area contributed by atoms with E-state index < -0.39 is 10.0 Å². The average molecular weight is 598 g/mol. The number of piperidine rings is 1. The summed E-state index contributed by atoms with van der Waals surface area (Å²) in [5.41, 5.74) is 2.13. The summed E-state index contributed by atoms with van der Waals surface area (Å²) < 4.78 is 42.1. The Bertz CT molecular complexity index is 1500. The van der Waals surface area contributed by atoms with Crippen molar-refractivity contribution in [3.8, 4) is 0 Å². The third-order valence-electron chi connectivity index (χ3n) is 7.76. The Morgan fingerprint density at radius 2 is 1.54 bits per heavy atom. The van der Waals surface area contributed by atoms with Crippen LogP contribution in [-0.4, -0.2) is 66.1 Å². The van der Waals surface area contributed by atoms with Gasteiger partial charge in [0.15, 0.2) is 0 Å². The molecular formula is C31H33ClFN3O4S. The highest BCUT2D eigenvalue weighted by atomic mass is 35.5. The van der Waals surface area contributed by atoms with Crippen molar-refractivity contribution in [2.45, 2.75) is 56.1 Å². The fraction of sp³-hybridized carbons (Fsp3) is 0.355. The summed E-state index contributed by atoms with van der Waals surface area (Å²) in [7, 11) is -3.88. The summed E-state index contributed by atoms with van der Waals surface area (Å²) in [6.07, 6.45) is 2.46. The van der Waals surface area contributed by atoms with Gasteiger partial charge in [-0.05, 0) is 74.6 Å². The molecule has 1 aliphatic carbocycles. The highest BCUT2D eigenvalue weighted by Crippen LogP contribution is 2.33. The van der Waals surface area contributed by atoms with Crippen molar-refractivity contribution in [3.63, 3.8) is 0 Å². The number of aryl methyl sites for hydroxylation is 1. The minimum atomic E-state index is -3.88. The van der Waals surface area contributed by atoms with Gasteiger partial charge in [-0.15, -0.1) is 0 Å². The molecule has 0 spiro atoms. The van der Waals surface area contributed by atoms with E-state index in [0.717, 1.165) is 11.1 Å². The number of hydrogen-bond acceptors (Lipinski definition) is 4. The summed E-state index contributed by atoms with van der Waals surface area (Å²) in [6, 6.07) is 19.1. The second-order valence-electron chi connectivity index (χ2n) is 10.7. The van der Waals surface area contributed by atoms with E-state index in [1.54, 1.807) is 70.5 Å². The van der Waals surface area contributed by atoms with Gasteiger partial charge < -0.3 is 9.80 Å². The van der Waals surface area contributed by atoms with E-state index in [0.29, 0.717) is 49.4 Å². The first kappa shape index (κ1) is 29.2. The van der Waals surface area contributed by atoms with Crippen molar-refractivity contribution < 1.29 is 22.4 Å². The molecule has 0 radical (unpaired) electrons. The molecule has 2 fully saturated rings. The fourth-order valence-electron chi connectivity index (χ4n) is 5.24. The first-order valence-corrected chi connectivity index (χ1v) is 15.6. The number of likely N-dealkylation sites (tertiary alicyclic amines) is 1. The van der Waals surface area contributed by atoms with E-state index in [1.807, 2.05) is 6.92 Å². The van der Waals surface area contributed by atoms with Crippen LogP contribution in [0.25, 0.3) is 0 Å². The molecule has 5 rings (SSSR count). The van der Waals surface area contributed by atoms with Crippen LogP contribution in [0.3, 0.4) is 0 Å². The predicted octanol–water partition coefficient (Wildman–Crippen LogP) is 5.27. The average Bonchev–Trinajstić information content (AvgIpc) is 3.81. The Balaban J connectivity index is 1.35. The number of amides is 2. The zero-order valence-electron chi connectivity index (χ0n) is 22.9. The van der Waals surface area contributed by atoms with E-state index in [2.05, 4.69) is 0 Å². The molecule has 216 valence electrons. The molecular weight excluding hydrogens is 565 g/mol. The van der Waals surface area contributed by atoms with Gasteiger partial charge in [0.1, 0.15) is 5.82 Å². The number of nitrogens with zero attached hydrogens (tertiary/aromatic N) is 3. The zero-order valence-corrected chi connectivity index (χ0v) is 24.5. The maximum Gasteiger partial charge on any atom is 0.255 e. The largest absolute Gasteiger partial charge is 0.338 e. The van der Waals surface area contributed by atoms with Gasteiger partial charge in [-0.1, -0.05) is 53.6 Å². The third-order valence-corrected chi connectivity index (χ3v) is 10.00. The van der Waals surface area contributed by atoms with Gasteiger partial charge in [0, 0.05) is 31.7 Å². The summed E-state index contributed by atoms with van der Waals surface area (Å²) in [4.78, 5) is 30.6. The molecule has 2 aliphatic rings. The smallest absolute Gasteiger partial charge is 0.255 e. The minimum Gasteiger partial charge on any atom is -0.338 e. The first-order valence-electron chi connectivity index (χ1n) is 13.8. The molecule has 41 heavy (non-hydrogen) atoms. The number of rotatable bonds is 9. The van der Waals surface area contributed by atoms with Gasteiger partial charge in [-0.2, -0.15) is 4.31 Å². The molecule has 1 heterocycles. The molecule has 0 N–H and O–H groups in total. The number of carbonyl (C=O) groups excluding carboxylic acids is 2. The van der Waals surface area contributed by atoms with Crippen LogP contribution in [0.2, 0.25) is 5.02 Å². The van der Waals surface area contributed by atoms with Gasteiger partial charge >= 0.3 is 0 Å². The van der Waals surface area contributed by atoms with Crippen molar-refractivity contribution in [2.24, 2.45) is 0 Å². The van der Waals surface area contributed by atoms with E-state index in [1.165, 1.54) is 16.4 Å². The van der Waals surface area contributed by atoms with Gasteiger partial charge in [0.25, 0.3) is 5.91 Å². The second-order valence-corrected chi connectivity index (χ2v) is 13.0. The Morgan fingerprint density at radius 3 is 2.15 bits per heavy atom. The predicted molar refractivity (Wildman–Crippen MR) is 155 cm³/mol. The Hall–Kier alpha value is -3.27. The fourth-order valence-corrected chi connectivity index (χ4v) is 7.09. The van der Waals surface area contributed by atoms with Crippen LogP contribution in [0.1, 0.15) is 47.2 Å². The van der Waals surface area contributed by atoms with E-state index in [4.69, 9.17) is 11.6 Å². The number of hydrogen-bond donors (Lipinski definition) is 0. The molecule has 7 nitrogen and oxygen atoms in total. The lowest BCUT2D eigenvalue weighted by Crippen LogP contribution is -2.51. The molecule has 0 bridgehead atoms. The van der Waals surface area contributed by atoms with Crippen LogP contribution in [0, 0.1) is 12.7 Å². The van der Waals surface area contributed by atoms with Crippen molar-refractivity contribution in [1.82, 2.24) is 14.1 Å². The summed E-state index contributed by atoms with van der Waals surface area (Å²) in [5.74, 6) is -0.843. The lowest BCUT2D eigenvalue weighted by atomic mass is 10.0. The van der Waals surface area contributed by atoms with Crippen LogP contribution < -0.4 is 0 Å². The van der Waals surface area contributed by atoms with Gasteiger partial charge in [0.2, 0.25) is 15.9 Å². The van der Waals surface area contributed by atoms with Crippen molar-refractivity contribution >= 4 is 33.4 Å². The van der Waals surface area contributed by atoms with Crippen LogP contribution in [0.5, 0.6) is 0 Å². The Kier molecular flexibility index (Phi) is 8.77. The maximum atomic E-state index is 13.9. The van der Waals surface area contributed by atoms with Crippen molar-refractivity contribution in [2.75, 3.05) is 19.6 Å². The molecule has 10 heteroatoms. The van der Waals surface area contributed by atoms with Crippen molar-refractivity contribution in [3.05, 3.63) is 100 Å². The van der Waals surface area contributed by atoms with Crippen molar-refractivity contribution in [1.29, 1.82) is 0 Å². The molecule has 3 aromatic carbocycles. The van der Waals surface area contributed by atoms with Crippen LogP contribution in [0.4, 0.5) is 4.39 Å². The standard InChI is InChI=1S/C31H33ClFN3O4S/c1-22-6-14-27(15-7-22)41(39,40)36(26-12-13-26)21-30(37)35(20-23-8-10-24(33)11-9-23)25-16-18-34(19-17-25)31(38)28-4-2-3-5-29(28)32/h2-11,14-15,25-26H,12-13,16-21H2,1H3. The summed E-state index contributed by atoms with van der Waals surface area (Å²) >= 11 is 6.25. The van der Waals surface area contributed by atoms with E-state index in [-0.39, 0.29) is 47.7 Å². The lowest BCUT2D eigenvalue weighted by molar-refractivity contribution is -0.135. The molecule has 1 saturated carbocycles. The third kappa shape index (κ3) is 6.80. The minimum absolute atomic E-state index is 0.158. The van der Waals surface area contributed by atoms with Gasteiger partial charge in [-0.25, -0.2) is 12.8 Å². The normalized spacial score (nSPS) is 16.1. The van der Waals surface area contributed by atoms with E-state index >= 15 is 0 Å². The van der Waals surface area contributed by atoms with Crippen LogP contribution in [0.15, 0.2) is 77.7 Å². The van der Waals surface area contributed by atoms with Crippen LogP contribution in [-0.2, 0) is 21.4 Å². The SMILES string of the molecule is Cc1ccc(S(=O)(=O)N(CC(=O)N(Cc2ccc(F)cc2)C2CCN(C(=O)c3ccccc3Cl)CC2)C2CC2)cc1. The molecule has 0 unspecified atom stereocenters. The number of halogens is 2. The first-order chi connectivity index (χ1) is 19.6. The molecule has 1 aliphatic heterocycles.